The average molecular weight is 356 g/mol. The van der Waals surface area contributed by atoms with Crippen LogP contribution < -0.4 is 10.6 Å². The number of thiophene rings is 1. The second kappa shape index (κ2) is 6.25. The van der Waals surface area contributed by atoms with Gasteiger partial charge in [-0.1, -0.05) is 0 Å². The Morgan fingerprint density at radius 3 is 3.04 bits per heavy atom. The van der Waals surface area contributed by atoms with Crippen LogP contribution in [0.15, 0.2) is 33.6 Å². The van der Waals surface area contributed by atoms with Crippen molar-refractivity contribution < 1.29 is 9.59 Å². The van der Waals surface area contributed by atoms with Crippen LogP contribution in [-0.2, 0) is 4.79 Å². The molecule has 2 aromatic heterocycles. The number of amides is 3. The van der Waals surface area contributed by atoms with E-state index in [0.29, 0.717) is 11.5 Å². The maximum absolute atomic E-state index is 12.2. The molecule has 8 nitrogen and oxygen atoms in total. The van der Waals surface area contributed by atoms with Crippen LogP contribution >= 0.6 is 11.3 Å². The number of hydrogen-bond donors (Lipinski definition) is 2. The highest BCUT2D eigenvalue weighted by Crippen LogP contribution is 2.27. The van der Waals surface area contributed by atoms with Gasteiger partial charge >= 0.3 is 6.03 Å². The molecular formula is C16H16N6O2S. The Labute approximate surface area is 147 Å². The Morgan fingerprint density at radius 1 is 1.36 bits per heavy atom. The number of nitrogens with zero attached hydrogens (tertiary/aromatic N) is 4. The highest BCUT2D eigenvalue weighted by atomic mass is 32.1. The van der Waals surface area contributed by atoms with Gasteiger partial charge in [-0.25, -0.2) is 9.79 Å². The van der Waals surface area contributed by atoms with Gasteiger partial charge in [0.2, 0.25) is 0 Å². The van der Waals surface area contributed by atoms with Gasteiger partial charge in [-0.05, 0) is 43.7 Å². The standard InChI is InChI=1S/C16H16N6O2S/c1-9-8-12(18-16(24)19-13-6-3-7-25-13)22(21-9)15-17-11-5-2-4-10(11)14(23)20-15/h3,6-8,10H,2,4-5H2,1H3,(H2,18,19,24). The number of carbonyl (C=O) groups is 2. The molecule has 9 heteroatoms. The lowest BCUT2D eigenvalue weighted by Gasteiger charge is -2.15. The highest BCUT2D eigenvalue weighted by Gasteiger charge is 2.33. The molecule has 1 aliphatic carbocycles. The van der Waals surface area contributed by atoms with E-state index in [1.54, 1.807) is 13.0 Å². The Balaban J connectivity index is 1.59. The lowest BCUT2D eigenvalue weighted by molar-refractivity contribution is -0.119. The molecule has 1 atom stereocenters. The van der Waals surface area contributed by atoms with Gasteiger partial charge in [0, 0.05) is 11.8 Å². The Kier molecular flexibility index (Phi) is 3.92. The van der Waals surface area contributed by atoms with E-state index < -0.39 is 6.03 Å². The summed E-state index contributed by atoms with van der Waals surface area (Å²) >= 11 is 1.43. The van der Waals surface area contributed by atoms with Crippen LogP contribution in [-0.4, -0.2) is 33.4 Å². The molecule has 1 fully saturated rings. The monoisotopic (exact) mass is 356 g/mol. The van der Waals surface area contributed by atoms with E-state index in [4.69, 9.17) is 0 Å². The lowest BCUT2D eigenvalue weighted by Crippen LogP contribution is -2.29. The number of aromatic nitrogens is 2. The topological polar surface area (TPSA) is 101 Å². The molecule has 1 aliphatic heterocycles. The first kappa shape index (κ1) is 15.7. The van der Waals surface area contributed by atoms with Crippen molar-refractivity contribution in [1.82, 2.24) is 9.78 Å². The van der Waals surface area contributed by atoms with Gasteiger partial charge in [0.25, 0.3) is 11.9 Å². The van der Waals surface area contributed by atoms with Crippen molar-refractivity contribution in [3.63, 3.8) is 0 Å². The van der Waals surface area contributed by atoms with Crippen molar-refractivity contribution in [2.45, 2.75) is 26.2 Å². The second-order valence-corrected chi connectivity index (χ2v) is 6.88. The van der Waals surface area contributed by atoms with Crippen molar-refractivity contribution in [2.24, 2.45) is 15.9 Å². The van der Waals surface area contributed by atoms with Gasteiger partial charge in [0.05, 0.1) is 16.6 Å². The zero-order valence-electron chi connectivity index (χ0n) is 13.5. The van der Waals surface area contributed by atoms with E-state index in [1.807, 2.05) is 17.5 Å². The molecule has 4 rings (SSSR count). The molecule has 1 unspecified atom stereocenters. The summed E-state index contributed by atoms with van der Waals surface area (Å²) in [5.41, 5.74) is 1.55. The van der Waals surface area contributed by atoms with Crippen LogP contribution in [0.3, 0.4) is 0 Å². The summed E-state index contributed by atoms with van der Waals surface area (Å²) in [5.74, 6) is 0.259. The smallest absolute Gasteiger partial charge is 0.299 e. The molecule has 2 aromatic rings. The molecule has 1 saturated carbocycles. The molecule has 128 valence electrons. The van der Waals surface area contributed by atoms with Crippen LogP contribution in [0.5, 0.6) is 0 Å². The van der Waals surface area contributed by atoms with Crippen LogP contribution in [0, 0.1) is 12.8 Å². The Hall–Kier alpha value is -2.81. The van der Waals surface area contributed by atoms with Crippen LogP contribution in [0.1, 0.15) is 25.0 Å². The molecule has 3 amide bonds. The first-order chi connectivity index (χ1) is 12.1. The Morgan fingerprint density at radius 2 is 2.24 bits per heavy atom. The van der Waals surface area contributed by atoms with Crippen molar-refractivity contribution in [1.29, 1.82) is 0 Å². The first-order valence-electron chi connectivity index (χ1n) is 7.99. The van der Waals surface area contributed by atoms with Gasteiger partial charge in [-0.2, -0.15) is 14.8 Å². The molecule has 2 N–H and O–H groups in total. The maximum atomic E-state index is 12.2. The Bertz CT molecular complexity index is 896. The van der Waals surface area contributed by atoms with E-state index in [1.165, 1.54) is 16.0 Å². The zero-order chi connectivity index (χ0) is 17.4. The minimum absolute atomic E-state index is 0.181. The summed E-state index contributed by atoms with van der Waals surface area (Å²) < 4.78 is 1.41. The SMILES string of the molecule is Cc1cc(NC(=O)Nc2cccs2)n(C2=NC(=O)C3CCCC3=N2)n1. The maximum Gasteiger partial charge on any atom is 0.325 e. The van der Waals surface area contributed by atoms with E-state index in [9.17, 15) is 9.59 Å². The molecule has 3 heterocycles. The number of urea groups is 1. The summed E-state index contributed by atoms with van der Waals surface area (Å²) in [7, 11) is 0. The molecule has 0 bridgehead atoms. The van der Waals surface area contributed by atoms with Gasteiger partial charge in [0.1, 0.15) is 5.82 Å². The number of anilines is 2. The van der Waals surface area contributed by atoms with Crippen molar-refractivity contribution >= 4 is 45.8 Å². The fourth-order valence-electron chi connectivity index (χ4n) is 3.00. The summed E-state index contributed by atoms with van der Waals surface area (Å²) in [6.07, 6.45) is 2.56. The molecule has 0 radical (unpaired) electrons. The second-order valence-electron chi connectivity index (χ2n) is 5.94. The van der Waals surface area contributed by atoms with Crippen LogP contribution in [0.2, 0.25) is 0 Å². The molecule has 2 aliphatic rings. The third-order valence-corrected chi connectivity index (χ3v) is 4.89. The quantitative estimate of drug-likeness (QED) is 0.865. The first-order valence-corrected chi connectivity index (χ1v) is 8.86. The predicted octanol–water partition coefficient (Wildman–Crippen LogP) is 2.88. The van der Waals surface area contributed by atoms with Crippen LogP contribution in [0.25, 0.3) is 0 Å². The molecule has 0 saturated heterocycles. The van der Waals surface area contributed by atoms with Gasteiger partial charge in [-0.15, -0.1) is 11.3 Å². The van der Waals surface area contributed by atoms with E-state index in [-0.39, 0.29) is 17.8 Å². The molecule has 0 aromatic carbocycles. The zero-order valence-corrected chi connectivity index (χ0v) is 14.3. The number of rotatable bonds is 2. The number of aliphatic imine (C=N–C) groups is 2. The fraction of sp³-hybridized carbons (Fsp3) is 0.312. The van der Waals surface area contributed by atoms with Crippen LogP contribution in [0.4, 0.5) is 15.6 Å². The minimum Gasteiger partial charge on any atom is -0.299 e. The van der Waals surface area contributed by atoms with E-state index in [2.05, 4.69) is 25.7 Å². The number of aryl methyl sites for hydroxylation is 1. The predicted molar refractivity (Wildman–Crippen MR) is 96.5 cm³/mol. The van der Waals surface area contributed by atoms with Crippen molar-refractivity contribution in [2.75, 3.05) is 10.6 Å². The largest absolute Gasteiger partial charge is 0.325 e. The summed E-state index contributed by atoms with van der Waals surface area (Å²) in [4.78, 5) is 32.9. The van der Waals surface area contributed by atoms with E-state index in [0.717, 1.165) is 30.0 Å². The number of fused-ring (bicyclic) bond motifs is 1. The van der Waals surface area contributed by atoms with Crippen molar-refractivity contribution in [3.8, 4) is 0 Å². The molecule has 0 spiro atoms. The summed E-state index contributed by atoms with van der Waals surface area (Å²) in [6, 6.07) is 4.98. The third kappa shape index (κ3) is 3.10. The minimum atomic E-state index is -0.391. The summed E-state index contributed by atoms with van der Waals surface area (Å²) in [5, 5.41) is 12.4. The van der Waals surface area contributed by atoms with Gasteiger partial charge in [0.15, 0.2) is 0 Å². The van der Waals surface area contributed by atoms with Gasteiger partial charge < -0.3 is 0 Å². The normalized spacial score (nSPS) is 19.2. The number of hydrogen-bond acceptors (Lipinski definition) is 5. The third-order valence-electron chi connectivity index (χ3n) is 4.10. The van der Waals surface area contributed by atoms with E-state index >= 15 is 0 Å². The van der Waals surface area contributed by atoms with Crippen molar-refractivity contribution in [3.05, 3.63) is 29.3 Å². The molecule has 25 heavy (non-hydrogen) atoms. The number of carbonyl (C=O) groups excluding carboxylic acids is 2. The lowest BCUT2D eigenvalue weighted by atomic mass is 10.1. The average Bonchev–Trinajstić information content (AvgIpc) is 3.28. The van der Waals surface area contributed by atoms with Gasteiger partial charge in [-0.3, -0.25) is 15.4 Å². The highest BCUT2D eigenvalue weighted by molar-refractivity contribution is 7.14. The fourth-order valence-corrected chi connectivity index (χ4v) is 3.62. The summed E-state index contributed by atoms with van der Waals surface area (Å²) in [6.45, 7) is 1.80. The molecular weight excluding hydrogens is 340 g/mol. The number of nitrogens with one attached hydrogen (secondary N) is 2.